The summed E-state index contributed by atoms with van der Waals surface area (Å²) in [5.74, 6) is 0.476. The van der Waals surface area contributed by atoms with Crippen LogP contribution >= 0.6 is 0 Å². The van der Waals surface area contributed by atoms with Crippen molar-refractivity contribution in [3.63, 3.8) is 0 Å². The summed E-state index contributed by atoms with van der Waals surface area (Å²) in [5.41, 5.74) is 3.74. The van der Waals surface area contributed by atoms with Gasteiger partial charge in [-0.05, 0) is 39.8 Å². The minimum atomic E-state index is -0.259. The van der Waals surface area contributed by atoms with Gasteiger partial charge in [-0.3, -0.25) is 9.48 Å². The molecular weight excluding hydrogens is 302 g/mol. The van der Waals surface area contributed by atoms with Gasteiger partial charge in [0.15, 0.2) is 0 Å². The van der Waals surface area contributed by atoms with Gasteiger partial charge >= 0.3 is 0 Å². The number of para-hydroxylation sites is 1. The van der Waals surface area contributed by atoms with Crippen molar-refractivity contribution in [1.29, 1.82) is 0 Å². The molecule has 2 aromatic heterocycles. The Morgan fingerprint density at radius 1 is 1.25 bits per heavy atom. The molecule has 0 unspecified atom stereocenters. The third-order valence-corrected chi connectivity index (χ3v) is 4.62. The number of nitrogens with one attached hydrogen (secondary N) is 1. The molecule has 0 bridgehead atoms. The van der Waals surface area contributed by atoms with Crippen LogP contribution in [0.4, 0.5) is 0 Å². The maximum absolute atomic E-state index is 12.7. The Morgan fingerprint density at radius 2 is 1.96 bits per heavy atom. The molecule has 2 atom stereocenters. The van der Waals surface area contributed by atoms with E-state index in [4.69, 9.17) is 4.42 Å². The van der Waals surface area contributed by atoms with Crippen molar-refractivity contribution >= 4 is 16.9 Å². The summed E-state index contributed by atoms with van der Waals surface area (Å²) in [6.07, 6.45) is 0. The Balaban J connectivity index is 1.78. The standard InChI is InChI=1S/C19H23N3O2/c1-11(18-13(3)21-22(5)14(18)4)19(23)20-12(2)17-10-15-8-6-7-9-16(15)24-17/h6-12H,1-5H3,(H,20,23)/t11-,12+/m1/s1. The van der Waals surface area contributed by atoms with Crippen molar-refractivity contribution in [3.8, 4) is 0 Å². The van der Waals surface area contributed by atoms with Crippen molar-refractivity contribution in [1.82, 2.24) is 15.1 Å². The summed E-state index contributed by atoms with van der Waals surface area (Å²) in [4.78, 5) is 12.7. The molecule has 1 N–H and O–H groups in total. The minimum absolute atomic E-state index is 0.0258. The number of aromatic nitrogens is 2. The first-order valence-corrected chi connectivity index (χ1v) is 8.17. The number of nitrogens with zero attached hydrogens (tertiary/aromatic N) is 2. The Hall–Kier alpha value is -2.56. The van der Waals surface area contributed by atoms with Crippen molar-refractivity contribution in [2.24, 2.45) is 7.05 Å². The van der Waals surface area contributed by atoms with Gasteiger partial charge in [-0.2, -0.15) is 5.10 Å². The molecule has 5 nitrogen and oxygen atoms in total. The molecule has 2 heterocycles. The zero-order valence-corrected chi connectivity index (χ0v) is 14.8. The highest BCUT2D eigenvalue weighted by Gasteiger charge is 2.24. The zero-order chi connectivity index (χ0) is 17.4. The third kappa shape index (κ3) is 2.82. The van der Waals surface area contributed by atoms with E-state index in [1.54, 1.807) is 0 Å². The Morgan fingerprint density at radius 3 is 2.58 bits per heavy atom. The molecule has 24 heavy (non-hydrogen) atoms. The van der Waals surface area contributed by atoms with Crippen LogP contribution < -0.4 is 5.32 Å². The number of rotatable bonds is 4. The Kier molecular flexibility index (Phi) is 4.18. The predicted molar refractivity (Wildman–Crippen MR) is 93.9 cm³/mol. The Labute approximate surface area is 141 Å². The first-order chi connectivity index (χ1) is 11.4. The quantitative estimate of drug-likeness (QED) is 0.794. The maximum atomic E-state index is 12.7. The van der Waals surface area contributed by atoms with E-state index in [0.717, 1.165) is 33.7 Å². The summed E-state index contributed by atoms with van der Waals surface area (Å²) in [6, 6.07) is 9.63. The van der Waals surface area contributed by atoms with Crippen LogP contribution in [0.2, 0.25) is 0 Å². The number of carbonyl (C=O) groups is 1. The van der Waals surface area contributed by atoms with Gasteiger partial charge in [-0.1, -0.05) is 18.2 Å². The van der Waals surface area contributed by atoms with Crippen LogP contribution in [-0.4, -0.2) is 15.7 Å². The molecule has 0 saturated heterocycles. The van der Waals surface area contributed by atoms with E-state index in [1.807, 2.05) is 69.8 Å². The molecule has 0 radical (unpaired) electrons. The van der Waals surface area contributed by atoms with Crippen molar-refractivity contribution in [3.05, 3.63) is 53.0 Å². The van der Waals surface area contributed by atoms with Crippen LogP contribution in [0.15, 0.2) is 34.7 Å². The zero-order valence-electron chi connectivity index (χ0n) is 14.8. The molecule has 3 rings (SSSR count). The SMILES string of the molecule is Cc1nn(C)c(C)c1[C@@H](C)C(=O)N[C@@H](C)c1cc2ccccc2o1. The molecule has 1 aromatic carbocycles. The number of carbonyl (C=O) groups excluding carboxylic acids is 1. The molecular formula is C19H23N3O2. The highest BCUT2D eigenvalue weighted by molar-refractivity contribution is 5.84. The second kappa shape index (κ2) is 6.15. The predicted octanol–water partition coefficient (Wildman–Crippen LogP) is 3.76. The summed E-state index contributed by atoms with van der Waals surface area (Å²) in [5, 5.41) is 8.49. The lowest BCUT2D eigenvalue weighted by Gasteiger charge is -2.16. The summed E-state index contributed by atoms with van der Waals surface area (Å²) < 4.78 is 7.65. The maximum Gasteiger partial charge on any atom is 0.227 e. The van der Waals surface area contributed by atoms with Crippen LogP contribution in [0.25, 0.3) is 11.0 Å². The molecule has 3 aromatic rings. The first kappa shape index (κ1) is 16.3. The minimum Gasteiger partial charge on any atom is -0.459 e. The van der Waals surface area contributed by atoms with Crippen molar-refractivity contribution in [2.45, 2.75) is 39.7 Å². The van der Waals surface area contributed by atoms with E-state index >= 15 is 0 Å². The van der Waals surface area contributed by atoms with E-state index in [-0.39, 0.29) is 17.9 Å². The van der Waals surface area contributed by atoms with E-state index in [9.17, 15) is 4.79 Å². The number of fused-ring (bicyclic) bond motifs is 1. The van der Waals surface area contributed by atoms with Gasteiger partial charge in [0.05, 0.1) is 17.7 Å². The summed E-state index contributed by atoms with van der Waals surface area (Å²) in [6.45, 7) is 7.78. The van der Waals surface area contributed by atoms with Gasteiger partial charge in [0.1, 0.15) is 11.3 Å². The first-order valence-electron chi connectivity index (χ1n) is 8.17. The number of benzene rings is 1. The monoisotopic (exact) mass is 325 g/mol. The van der Waals surface area contributed by atoms with Gasteiger partial charge in [-0.25, -0.2) is 0 Å². The topological polar surface area (TPSA) is 60.1 Å². The highest BCUT2D eigenvalue weighted by Crippen LogP contribution is 2.26. The molecule has 0 fully saturated rings. The largest absolute Gasteiger partial charge is 0.459 e. The number of aryl methyl sites for hydroxylation is 2. The molecule has 126 valence electrons. The molecule has 0 aliphatic carbocycles. The van der Waals surface area contributed by atoms with Gasteiger partial charge in [-0.15, -0.1) is 0 Å². The van der Waals surface area contributed by atoms with Crippen LogP contribution in [0.1, 0.15) is 48.5 Å². The summed E-state index contributed by atoms with van der Waals surface area (Å²) >= 11 is 0. The van der Waals surface area contributed by atoms with Crippen LogP contribution in [0.5, 0.6) is 0 Å². The van der Waals surface area contributed by atoms with Gasteiger partial charge in [0.25, 0.3) is 0 Å². The molecule has 0 aliphatic rings. The average Bonchev–Trinajstić information content (AvgIpc) is 3.08. The highest BCUT2D eigenvalue weighted by atomic mass is 16.3. The fourth-order valence-corrected chi connectivity index (χ4v) is 3.17. The number of hydrogen-bond donors (Lipinski definition) is 1. The van der Waals surface area contributed by atoms with Gasteiger partial charge < -0.3 is 9.73 Å². The van der Waals surface area contributed by atoms with Crippen molar-refractivity contribution < 1.29 is 9.21 Å². The normalized spacial score (nSPS) is 13.9. The van der Waals surface area contributed by atoms with Crippen LogP contribution in [-0.2, 0) is 11.8 Å². The van der Waals surface area contributed by atoms with Crippen molar-refractivity contribution in [2.75, 3.05) is 0 Å². The molecule has 0 saturated carbocycles. The fraction of sp³-hybridized carbons (Fsp3) is 0.368. The van der Waals surface area contributed by atoms with E-state index in [0.29, 0.717) is 0 Å². The molecule has 1 amide bonds. The van der Waals surface area contributed by atoms with E-state index in [2.05, 4.69) is 10.4 Å². The molecule has 5 heteroatoms. The average molecular weight is 325 g/mol. The smallest absolute Gasteiger partial charge is 0.227 e. The van der Waals surface area contributed by atoms with Crippen LogP contribution in [0, 0.1) is 13.8 Å². The number of hydrogen-bond acceptors (Lipinski definition) is 3. The molecule has 0 aliphatic heterocycles. The van der Waals surface area contributed by atoms with E-state index < -0.39 is 0 Å². The third-order valence-electron chi connectivity index (χ3n) is 4.62. The van der Waals surface area contributed by atoms with Gasteiger partial charge in [0.2, 0.25) is 5.91 Å². The summed E-state index contributed by atoms with van der Waals surface area (Å²) in [7, 11) is 1.90. The lowest BCUT2D eigenvalue weighted by molar-refractivity contribution is -0.123. The lowest BCUT2D eigenvalue weighted by Crippen LogP contribution is -2.30. The Bertz CT molecular complexity index is 858. The van der Waals surface area contributed by atoms with Crippen LogP contribution in [0.3, 0.4) is 0 Å². The molecule has 0 spiro atoms. The number of furan rings is 1. The number of amides is 1. The van der Waals surface area contributed by atoms with Gasteiger partial charge in [0, 0.05) is 23.7 Å². The van der Waals surface area contributed by atoms with E-state index in [1.165, 1.54) is 0 Å². The second-order valence-electron chi connectivity index (χ2n) is 6.35. The second-order valence-corrected chi connectivity index (χ2v) is 6.35. The lowest BCUT2D eigenvalue weighted by atomic mass is 9.98. The fourth-order valence-electron chi connectivity index (χ4n) is 3.17.